The largest absolute Gasteiger partial charge is 0.508 e. The number of nitrogens with two attached hydrogens (primary N) is 1. The summed E-state index contributed by atoms with van der Waals surface area (Å²) in [5.74, 6) is -2.01. The van der Waals surface area contributed by atoms with Crippen molar-refractivity contribution >= 4 is 28.7 Å². The Hall–Kier alpha value is -3.89. The summed E-state index contributed by atoms with van der Waals surface area (Å²) in [5, 5.41) is 25.0. The number of carbonyl (C=O) groups is 3. The first-order valence-electron chi connectivity index (χ1n) is 10.7. The van der Waals surface area contributed by atoms with Gasteiger partial charge in [0.05, 0.1) is 19.8 Å². The molecule has 0 unspecified atom stereocenters. The molecule has 2 aromatic carbocycles. The summed E-state index contributed by atoms with van der Waals surface area (Å²) < 4.78 is 4.76. The van der Waals surface area contributed by atoms with Gasteiger partial charge in [-0.05, 0) is 35.7 Å². The molecular formula is C24H28N4O6. The molecule has 1 aromatic heterocycles. The van der Waals surface area contributed by atoms with Crippen LogP contribution in [0.5, 0.6) is 5.75 Å². The number of fused-ring (bicyclic) bond motifs is 1. The van der Waals surface area contributed by atoms with Crippen LogP contribution in [-0.4, -0.2) is 64.8 Å². The normalized spacial score (nSPS) is 13.6. The Morgan fingerprint density at radius 2 is 1.68 bits per heavy atom. The van der Waals surface area contributed by atoms with Gasteiger partial charge in [-0.15, -0.1) is 0 Å². The number of esters is 1. The highest BCUT2D eigenvalue weighted by atomic mass is 16.5. The van der Waals surface area contributed by atoms with Gasteiger partial charge in [0.25, 0.3) is 0 Å². The number of hydrogen-bond donors (Lipinski definition) is 6. The number of aromatic nitrogens is 1. The second-order valence-electron chi connectivity index (χ2n) is 7.87. The predicted molar refractivity (Wildman–Crippen MR) is 125 cm³/mol. The third-order valence-corrected chi connectivity index (χ3v) is 5.45. The number of amides is 2. The van der Waals surface area contributed by atoms with E-state index >= 15 is 0 Å². The summed E-state index contributed by atoms with van der Waals surface area (Å²) in [6.07, 6.45) is 2.09. The lowest BCUT2D eigenvalue weighted by atomic mass is 10.0. The minimum Gasteiger partial charge on any atom is -0.508 e. The highest BCUT2D eigenvalue weighted by Gasteiger charge is 2.28. The van der Waals surface area contributed by atoms with Crippen LogP contribution >= 0.6 is 0 Å². The Labute approximate surface area is 196 Å². The fraction of sp³-hybridized carbons (Fsp3) is 0.292. The summed E-state index contributed by atoms with van der Waals surface area (Å²) >= 11 is 0. The zero-order chi connectivity index (χ0) is 24.7. The summed E-state index contributed by atoms with van der Waals surface area (Å²) in [6.45, 7) is -0.690. The first kappa shape index (κ1) is 24.7. The van der Waals surface area contributed by atoms with Gasteiger partial charge in [0.15, 0.2) is 0 Å². The van der Waals surface area contributed by atoms with Crippen LogP contribution in [0, 0.1) is 0 Å². The van der Waals surface area contributed by atoms with Gasteiger partial charge in [-0.2, -0.15) is 0 Å². The van der Waals surface area contributed by atoms with Crippen molar-refractivity contribution < 1.29 is 29.3 Å². The van der Waals surface area contributed by atoms with E-state index in [0.717, 1.165) is 16.5 Å². The Kier molecular flexibility index (Phi) is 8.23. The smallest absolute Gasteiger partial charge is 0.328 e. The molecule has 2 amide bonds. The molecular weight excluding hydrogens is 440 g/mol. The topological polar surface area (TPSA) is 167 Å². The summed E-state index contributed by atoms with van der Waals surface area (Å²) in [7, 11) is 1.19. The Morgan fingerprint density at radius 3 is 2.35 bits per heavy atom. The Morgan fingerprint density at radius 1 is 1.00 bits per heavy atom. The number of phenolic OH excluding ortho intramolecular Hbond substituents is 1. The number of hydrogen-bond acceptors (Lipinski definition) is 7. The van der Waals surface area contributed by atoms with Gasteiger partial charge in [-0.25, -0.2) is 4.79 Å². The van der Waals surface area contributed by atoms with Gasteiger partial charge in [0, 0.05) is 23.5 Å². The molecule has 1 heterocycles. The van der Waals surface area contributed by atoms with Gasteiger partial charge >= 0.3 is 5.97 Å². The third-order valence-electron chi connectivity index (χ3n) is 5.45. The highest BCUT2D eigenvalue weighted by Crippen LogP contribution is 2.18. The number of aliphatic hydroxyl groups excluding tert-OH is 1. The first-order valence-corrected chi connectivity index (χ1v) is 10.7. The molecule has 0 aliphatic heterocycles. The molecule has 0 radical (unpaired) electrons. The summed E-state index contributed by atoms with van der Waals surface area (Å²) in [4.78, 5) is 40.6. The lowest BCUT2D eigenvalue weighted by Gasteiger charge is -2.22. The van der Waals surface area contributed by atoms with E-state index in [2.05, 4.69) is 15.6 Å². The predicted octanol–water partition coefficient (Wildman–Crippen LogP) is 0.121. The lowest BCUT2D eigenvalue weighted by molar-refractivity contribution is -0.145. The van der Waals surface area contributed by atoms with Crippen molar-refractivity contribution in [3.05, 3.63) is 65.9 Å². The van der Waals surface area contributed by atoms with Crippen LogP contribution < -0.4 is 16.4 Å². The maximum absolute atomic E-state index is 12.7. The van der Waals surface area contributed by atoms with Crippen molar-refractivity contribution in [2.45, 2.75) is 31.0 Å². The second kappa shape index (κ2) is 11.3. The lowest BCUT2D eigenvalue weighted by Crippen LogP contribution is -2.56. The molecule has 180 valence electrons. The number of benzene rings is 2. The van der Waals surface area contributed by atoms with Crippen LogP contribution in [0.3, 0.4) is 0 Å². The molecule has 0 fully saturated rings. The minimum absolute atomic E-state index is 0.0643. The number of ether oxygens (including phenoxy) is 1. The number of para-hydroxylation sites is 1. The SMILES string of the molecule is COC(=O)[C@H](Cc1ccc(O)cc1)NC(=O)[C@H](CO)NC(=O)[C@@H](N)Cc1c[nH]c2ccccc12. The van der Waals surface area contributed by atoms with E-state index in [1.165, 1.54) is 19.2 Å². The quantitative estimate of drug-likeness (QED) is 0.230. The number of methoxy groups -OCH3 is 1. The Bertz CT molecular complexity index is 1140. The van der Waals surface area contributed by atoms with Crippen molar-refractivity contribution in [2.75, 3.05) is 13.7 Å². The monoisotopic (exact) mass is 468 g/mol. The number of phenols is 1. The number of H-pyrrole nitrogens is 1. The van der Waals surface area contributed by atoms with Crippen LogP contribution in [0.25, 0.3) is 10.9 Å². The zero-order valence-electron chi connectivity index (χ0n) is 18.7. The van der Waals surface area contributed by atoms with Crippen LogP contribution in [0.1, 0.15) is 11.1 Å². The van der Waals surface area contributed by atoms with Gasteiger partial charge in [-0.3, -0.25) is 9.59 Å². The van der Waals surface area contributed by atoms with Gasteiger partial charge in [-0.1, -0.05) is 30.3 Å². The van der Waals surface area contributed by atoms with E-state index in [1.54, 1.807) is 18.3 Å². The molecule has 10 nitrogen and oxygen atoms in total. The fourth-order valence-electron chi connectivity index (χ4n) is 3.58. The van der Waals surface area contributed by atoms with Gasteiger partial charge in [0.2, 0.25) is 11.8 Å². The highest BCUT2D eigenvalue weighted by molar-refractivity contribution is 5.92. The molecule has 10 heteroatoms. The number of carbonyl (C=O) groups excluding carboxylic acids is 3. The van der Waals surface area contributed by atoms with Crippen molar-refractivity contribution in [2.24, 2.45) is 5.73 Å². The maximum Gasteiger partial charge on any atom is 0.328 e. The molecule has 0 aliphatic carbocycles. The van der Waals surface area contributed by atoms with Crippen LogP contribution in [0.15, 0.2) is 54.7 Å². The number of aromatic hydroxyl groups is 1. The Balaban J connectivity index is 1.62. The molecule has 0 spiro atoms. The van der Waals surface area contributed by atoms with E-state index < -0.39 is 42.5 Å². The molecule has 0 saturated carbocycles. The minimum atomic E-state index is -1.31. The van der Waals surface area contributed by atoms with Crippen LogP contribution in [0.2, 0.25) is 0 Å². The van der Waals surface area contributed by atoms with E-state index in [-0.39, 0.29) is 18.6 Å². The number of nitrogens with one attached hydrogen (secondary N) is 3. The second-order valence-corrected chi connectivity index (χ2v) is 7.87. The average molecular weight is 469 g/mol. The molecule has 3 atom stereocenters. The van der Waals surface area contributed by atoms with Crippen molar-refractivity contribution in [1.29, 1.82) is 0 Å². The first-order chi connectivity index (χ1) is 16.3. The summed E-state index contributed by atoms with van der Waals surface area (Å²) in [5.41, 5.74) is 8.49. The van der Waals surface area contributed by atoms with Crippen molar-refractivity contribution in [3.63, 3.8) is 0 Å². The van der Waals surface area contributed by atoms with Gasteiger partial charge in [0.1, 0.15) is 17.8 Å². The van der Waals surface area contributed by atoms with Crippen LogP contribution in [0.4, 0.5) is 0 Å². The molecule has 0 saturated heterocycles. The standard InChI is InChI=1S/C24H28N4O6/c1-34-24(33)20(10-14-6-8-16(30)9-7-14)27-23(32)21(13-29)28-22(31)18(25)11-15-12-26-19-5-3-2-4-17(15)19/h2-9,12,18,20-21,26,29-30H,10-11,13,25H2,1H3,(H,27,32)(H,28,31)/t18-,20-,21-/m0/s1. The summed E-state index contributed by atoms with van der Waals surface area (Å²) in [6, 6.07) is 10.4. The number of aliphatic hydroxyl groups is 1. The number of aromatic amines is 1. The van der Waals surface area contributed by atoms with E-state index in [9.17, 15) is 24.6 Å². The van der Waals surface area contributed by atoms with E-state index in [0.29, 0.717) is 5.56 Å². The molecule has 3 rings (SSSR count). The van der Waals surface area contributed by atoms with Crippen molar-refractivity contribution in [3.8, 4) is 5.75 Å². The molecule has 0 aliphatic rings. The molecule has 7 N–H and O–H groups in total. The maximum atomic E-state index is 12.7. The molecule has 3 aromatic rings. The van der Waals surface area contributed by atoms with Gasteiger partial charge < -0.3 is 36.3 Å². The van der Waals surface area contributed by atoms with Crippen molar-refractivity contribution in [1.82, 2.24) is 15.6 Å². The van der Waals surface area contributed by atoms with E-state index in [4.69, 9.17) is 10.5 Å². The number of rotatable bonds is 10. The van der Waals surface area contributed by atoms with E-state index in [1.807, 2.05) is 24.3 Å². The zero-order valence-corrected chi connectivity index (χ0v) is 18.7. The fourth-order valence-corrected chi connectivity index (χ4v) is 3.58. The van der Waals surface area contributed by atoms with Crippen LogP contribution in [-0.2, 0) is 32.0 Å². The average Bonchev–Trinajstić information content (AvgIpc) is 3.25. The molecule has 0 bridgehead atoms. The molecule has 34 heavy (non-hydrogen) atoms. The third kappa shape index (κ3) is 6.12.